The van der Waals surface area contributed by atoms with Crippen LogP contribution in [0, 0.1) is 0 Å². The van der Waals surface area contributed by atoms with Gasteiger partial charge in [-0.2, -0.15) is 0 Å². The predicted octanol–water partition coefficient (Wildman–Crippen LogP) is 3.26. The number of amides is 1. The monoisotopic (exact) mass is 378 g/mol. The van der Waals surface area contributed by atoms with Gasteiger partial charge in [-0.05, 0) is 36.6 Å². The Morgan fingerprint density at radius 3 is 2.31 bits per heavy atom. The molecule has 6 heteroatoms. The van der Waals surface area contributed by atoms with E-state index in [0.29, 0.717) is 24.3 Å². The van der Waals surface area contributed by atoms with Crippen molar-refractivity contribution in [3.8, 4) is 11.5 Å². The van der Waals surface area contributed by atoms with Crippen molar-refractivity contribution in [2.75, 3.05) is 14.2 Å². The van der Waals surface area contributed by atoms with E-state index in [-0.39, 0.29) is 30.4 Å². The molecule has 2 aromatic rings. The van der Waals surface area contributed by atoms with Crippen LogP contribution >= 0.6 is 12.4 Å². The first-order chi connectivity index (χ1) is 12.0. The van der Waals surface area contributed by atoms with Crippen LogP contribution in [0.15, 0.2) is 48.5 Å². The molecule has 0 radical (unpaired) electrons. The van der Waals surface area contributed by atoms with Crippen molar-refractivity contribution in [2.45, 2.75) is 31.8 Å². The van der Waals surface area contributed by atoms with E-state index in [2.05, 4.69) is 5.32 Å². The van der Waals surface area contributed by atoms with Crippen LogP contribution < -0.4 is 20.5 Å². The van der Waals surface area contributed by atoms with Gasteiger partial charge in [0.05, 0.1) is 20.3 Å². The summed E-state index contributed by atoms with van der Waals surface area (Å²) in [5, 5.41) is 3.09. The molecule has 2 unspecified atom stereocenters. The minimum atomic E-state index is -0.169. The van der Waals surface area contributed by atoms with Crippen LogP contribution in [0.2, 0.25) is 0 Å². The second kappa shape index (κ2) is 10.7. The highest BCUT2D eigenvalue weighted by atomic mass is 35.5. The van der Waals surface area contributed by atoms with Crippen molar-refractivity contribution in [1.82, 2.24) is 5.32 Å². The van der Waals surface area contributed by atoms with Gasteiger partial charge in [0.25, 0.3) is 0 Å². The van der Waals surface area contributed by atoms with Crippen molar-refractivity contribution in [3.05, 3.63) is 59.7 Å². The molecule has 0 aromatic heterocycles. The molecule has 0 aliphatic heterocycles. The fourth-order valence-electron chi connectivity index (χ4n) is 2.73. The number of hydrogen-bond acceptors (Lipinski definition) is 4. The second-order valence-electron chi connectivity index (χ2n) is 6.11. The summed E-state index contributed by atoms with van der Waals surface area (Å²) >= 11 is 0. The van der Waals surface area contributed by atoms with Gasteiger partial charge in [0.2, 0.25) is 5.91 Å². The number of carbonyl (C=O) groups is 1. The third-order valence-corrected chi connectivity index (χ3v) is 3.93. The Morgan fingerprint density at radius 2 is 1.73 bits per heavy atom. The maximum atomic E-state index is 12.2. The number of rotatable bonds is 8. The zero-order valence-electron chi connectivity index (χ0n) is 15.4. The number of carbonyl (C=O) groups excluding carboxylic acids is 1. The summed E-state index contributed by atoms with van der Waals surface area (Å²) in [6.07, 6.45) is 0.949. The molecular formula is C20H27ClN2O3. The fraction of sp³-hybridized carbons (Fsp3) is 0.350. The maximum absolute atomic E-state index is 12.2. The number of nitrogens with one attached hydrogen (secondary N) is 1. The number of halogens is 1. The molecular weight excluding hydrogens is 352 g/mol. The van der Waals surface area contributed by atoms with Crippen molar-refractivity contribution in [2.24, 2.45) is 5.73 Å². The average molecular weight is 379 g/mol. The molecule has 0 saturated carbocycles. The van der Waals surface area contributed by atoms with Gasteiger partial charge in [-0.15, -0.1) is 12.4 Å². The summed E-state index contributed by atoms with van der Waals surface area (Å²) in [7, 11) is 3.22. The van der Waals surface area contributed by atoms with Gasteiger partial charge in [0.15, 0.2) is 11.5 Å². The average Bonchev–Trinajstić information content (AvgIpc) is 2.61. The van der Waals surface area contributed by atoms with Crippen LogP contribution in [0.5, 0.6) is 11.5 Å². The van der Waals surface area contributed by atoms with Crippen molar-refractivity contribution < 1.29 is 14.3 Å². The topological polar surface area (TPSA) is 73.6 Å². The summed E-state index contributed by atoms with van der Waals surface area (Å²) in [6, 6.07) is 15.4. The Hall–Kier alpha value is -2.24. The third kappa shape index (κ3) is 6.24. The van der Waals surface area contributed by atoms with Gasteiger partial charge in [-0.25, -0.2) is 0 Å². The Labute approximate surface area is 161 Å². The first-order valence-corrected chi connectivity index (χ1v) is 8.34. The Balaban J connectivity index is 0.00000338. The number of benzene rings is 2. The lowest BCUT2D eigenvalue weighted by Gasteiger charge is -2.21. The molecule has 2 rings (SSSR count). The van der Waals surface area contributed by atoms with Crippen molar-refractivity contribution in [3.63, 3.8) is 0 Å². The summed E-state index contributed by atoms with van der Waals surface area (Å²) in [6.45, 7) is 1.82. The lowest BCUT2D eigenvalue weighted by molar-refractivity contribution is -0.122. The first kappa shape index (κ1) is 21.8. The highest BCUT2D eigenvalue weighted by Crippen LogP contribution is 2.29. The van der Waals surface area contributed by atoms with Gasteiger partial charge in [-0.1, -0.05) is 36.4 Å². The van der Waals surface area contributed by atoms with Crippen LogP contribution in [-0.2, 0) is 11.2 Å². The van der Waals surface area contributed by atoms with E-state index in [9.17, 15) is 4.79 Å². The van der Waals surface area contributed by atoms with Gasteiger partial charge in [0.1, 0.15) is 0 Å². The van der Waals surface area contributed by atoms with Crippen molar-refractivity contribution in [1.29, 1.82) is 0 Å². The number of hydrogen-bond donors (Lipinski definition) is 2. The van der Waals surface area contributed by atoms with E-state index in [1.54, 1.807) is 14.2 Å². The quantitative estimate of drug-likeness (QED) is 0.739. The molecule has 2 atom stereocenters. The molecule has 2 aromatic carbocycles. The largest absolute Gasteiger partial charge is 0.493 e. The smallest absolute Gasteiger partial charge is 0.222 e. The molecule has 0 fully saturated rings. The predicted molar refractivity (Wildman–Crippen MR) is 106 cm³/mol. The number of ether oxygens (including phenoxy) is 2. The molecule has 0 aliphatic carbocycles. The molecule has 142 valence electrons. The SMILES string of the molecule is COc1ccc(CC(NC(=O)CC(C)N)c2ccccc2)cc1OC.Cl. The maximum Gasteiger partial charge on any atom is 0.222 e. The summed E-state index contributed by atoms with van der Waals surface area (Å²) in [5.74, 6) is 1.31. The fourth-order valence-corrected chi connectivity index (χ4v) is 2.73. The molecule has 1 amide bonds. The Kier molecular flexibility index (Phi) is 8.96. The second-order valence-corrected chi connectivity index (χ2v) is 6.11. The van der Waals surface area contributed by atoms with Gasteiger partial charge >= 0.3 is 0 Å². The summed E-state index contributed by atoms with van der Waals surface area (Å²) < 4.78 is 10.6. The zero-order chi connectivity index (χ0) is 18.2. The normalized spacial score (nSPS) is 12.5. The number of methoxy groups -OCH3 is 2. The molecule has 0 spiro atoms. The van der Waals surface area contributed by atoms with E-state index >= 15 is 0 Å². The van der Waals surface area contributed by atoms with E-state index in [4.69, 9.17) is 15.2 Å². The lowest BCUT2D eigenvalue weighted by Crippen LogP contribution is -2.33. The highest BCUT2D eigenvalue weighted by molar-refractivity contribution is 5.85. The minimum Gasteiger partial charge on any atom is -0.493 e. The first-order valence-electron chi connectivity index (χ1n) is 8.34. The van der Waals surface area contributed by atoms with Crippen LogP contribution in [0.25, 0.3) is 0 Å². The van der Waals surface area contributed by atoms with E-state index < -0.39 is 0 Å². The van der Waals surface area contributed by atoms with E-state index in [0.717, 1.165) is 11.1 Å². The van der Waals surface area contributed by atoms with Crippen molar-refractivity contribution >= 4 is 18.3 Å². The van der Waals surface area contributed by atoms with Crippen LogP contribution in [0.4, 0.5) is 0 Å². The minimum absolute atomic E-state index is 0. The summed E-state index contributed by atoms with van der Waals surface area (Å²) in [5.41, 5.74) is 7.84. The van der Waals surface area contributed by atoms with Gasteiger partial charge in [0, 0.05) is 12.5 Å². The Bertz CT molecular complexity index is 693. The Morgan fingerprint density at radius 1 is 1.08 bits per heavy atom. The van der Waals surface area contributed by atoms with Gasteiger partial charge in [-0.3, -0.25) is 4.79 Å². The van der Waals surface area contributed by atoms with Crippen LogP contribution in [-0.4, -0.2) is 26.2 Å². The molecule has 0 heterocycles. The molecule has 0 bridgehead atoms. The highest BCUT2D eigenvalue weighted by Gasteiger charge is 2.17. The third-order valence-electron chi connectivity index (χ3n) is 3.93. The number of nitrogens with two attached hydrogens (primary N) is 1. The standard InChI is InChI=1S/C20H26N2O3.ClH/c1-14(21)11-20(23)22-17(16-7-5-4-6-8-16)12-15-9-10-18(24-2)19(13-15)25-3;/h4-10,13-14,17H,11-12,21H2,1-3H3,(H,22,23);1H. The van der Waals surface area contributed by atoms with E-state index in [1.807, 2.05) is 55.5 Å². The molecule has 26 heavy (non-hydrogen) atoms. The lowest BCUT2D eigenvalue weighted by atomic mass is 9.98. The molecule has 0 saturated heterocycles. The molecule has 0 aliphatic rings. The van der Waals surface area contributed by atoms with Crippen LogP contribution in [0.1, 0.15) is 30.5 Å². The zero-order valence-corrected chi connectivity index (χ0v) is 16.2. The van der Waals surface area contributed by atoms with E-state index in [1.165, 1.54) is 0 Å². The van der Waals surface area contributed by atoms with Gasteiger partial charge < -0.3 is 20.5 Å². The molecule has 3 N–H and O–H groups in total. The molecule has 5 nitrogen and oxygen atoms in total. The summed E-state index contributed by atoms with van der Waals surface area (Å²) in [4.78, 5) is 12.2. The van der Waals surface area contributed by atoms with Crippen LogP contribution in [0.3, 0.4) is 0 Å².